The van der Waals surface area contributed by atoms with Gasteiger partial charge in [-0.2, -0.15) is 0 Å². The molecule has 1 unspecified atom stereocenters. The van der Waals surface area contributed by atoms with Crippen LogP contribution >= 0.6 is 0 Å². The first-order valence-corrected chi connectivity index (χ1v) is 8.24. The molecule has 4 heteroatoms. The highest BCUT2D eigenvalue weighted by molar-refractivity contribution is 5.78. The molecular weight excluding hydrogens is 276 g/mol. The van der Waals surface area contributed by atoms with Crippen LogP contribution < -0.4 is 5.32 Å². The lowest BCUT2D eigenvalue weighted by Gasteiger charge is -2.28. The van der Waals surface area contributed by atoms with Gasteiger partial charge in [-0.25, -0.2) is 0 Å². The van der Waals surface area contributed by atoms with Crippen molar-refractivity contribution in [2.45, 2.75) is 38.8 Å². The summed E-state index contributed by atoms with van der Waals surface area (Å²) in [4.78, 5) is 14.5. The van der Waals surface area contributed by atoms with Gasteiger partial charge >= 0.3 is 0 Å². The predicted octanol–water partition coefficient (Wildman–Crippen LogP) is 2.44. The zero-order valence-corrected chi connectivity index (χ0v) is 13.8. The first-order valence-electron chi connectivity index (χ1n) is 8.24. The predicted molar refractivity (Wildman–Crippen MR) is 88.5 cm³/mol. The zero-order chi connectivity index (χ0) is 15.8. The van der Waals surface area contributed by atoms with Crippen LogP contribution in [-0.4, -0.2) is 43.7 Å². The third kappa shape index (κ3) is 5.78. The largest absolute Gasteiger partial charge is 0.385 e. The Labute approximate surface area is 133 Å². The van der Waals surface area contributed by atoms with E-state index in [4.69, 9.17) is 4.74 Å². The monoisotopic (exact) mass is 304 g/mol. The van der Waals surface area contributed by atoms with E-state index in [9.17, 15) is 4.79 Å². The fourth-order valence-electron chi connectivity index (χ4n) is 2.72. The number of benzene rings is 1. The van der Waals surface area contributed by atoms with Crippen LogP contribution in [0.2, 0.25) is 0 Å². The van der Waals surface area contributed by atoms with Crippen LogP contribution in [0.25, 0.3) is 0 Å². The fourth-order valence-corrected chi connectivity index (χ4v) is 2.72. The summed E-state index contributed by atoms with van der Waals surface area (Å²) in [7, 11) is 1.68. The van der Waals surface area contributed by atoms with Crippen molar-refractivity contribution in [2.24, 2.45) is 5.92 Å². The molecule has 1 saturated carbocycles. The lowest BCUT2D eigenvalue weighted by molar-refractivity contribution is -0.123. The molecule has 1 fully saturated rings. The summed E-state index contributed by atoms with van der Waals surface area (Å²) in [5.74, 6) is 0.865. The van der Waals surface area contributed by atoms with E-state index in [1.54, 1.807) is 7.11 Å². The summed E-state index contributed by atoms with van der Waals surface area (Å²) in [5, 5.41) is 2.99. The van der Waals surface area contributed by atoms with Crippen molar-refractivity contribution in [1.29, 1.82) is 0 Å². The molecule has 1 aromatic rings. The van der Waals surface area contributed by atoms with Crippen molar-refractivity contribution in [3.05, 3.63) is 35.9 Å². The van der Waals surface area contributed by atoms with Gasteiger partial charge in [-0.3, -0.25) is 9.69 Å². The van der Waals surface area contributed by atoms with Gasteiger partial charge in [-0.1, -0.05) is 30.3 Å². The quantitative estimate of drug-likeness (QED) is 0.675. The highest BCUT2D eigenvalue weighted by Gasteiger charge is 2.32. The van der Waals surface area contributed by atoms with Crippen molar-refractivity contribution in [3.63, 3.8) is 0 Å². The molecule has 122 valence electrons. The Morgan fingerprint density at radius 2 is 2.09 bits per heavy atom. The van der Waals surface area contributed by atoms with Crippen LogP contribution in [0.4, 0.5) is 0 Å². The highest BCUT2D eigenvalue weighted by Crippen LogP contribution is 2.35. The molecule has 1 aliphatic carbocycles. The first kappa shape index (κ1) is 17.0. The second-order valence-electron chi connectivity index (χ2n) is 6.16. The van der Waals surface area contributed by atoms with Gasteiger partial charge in [0.1, 0.15) is 0 Å². The summed E-state index contributed by atoms with van der Waals surface area (Å²) in [6, 6.07) is 10.9. The Balaban J connectivity index is 1.85. The minimum absolute atomic E-state index is 0.111. The van der Waals surface area contributed by atoms with E-state index in [0.29, 0.717) is 25.7 Å². The third-order valence-electron chi connectivity index (χ3n) is 4.30. The summed E-state index contributed by atoms with van der Waals surface area (Å²) in [5.41, 5.74) is 1.27. The Kier molecular flexibility index (Phi) is 6.87. The van der Waals surface area contributed by atoms with Crippen molar-refractivity contribution in [3.8, 4) is 0 Å². The van der Waals surface area contributed by atoms with Crippen LogP contribution in [-0.2, 0) is 16.1 Å². The molecule has 1 atom stereocenters. The average Bonchev–Trinajstić information content (AvgIpc) is 3.36. The molecule has 22 heavy (non-hydrogen) atoms. The topological polar surface area (TPSA) is 41.6 Å². The molecular formula is C18H28N2O2. The number of nitrogens with zero attached hydrogens (tertiary/aromatic N) is 1. The standard InChI is InChI=1S/C18H28N2O2/c1-15(17-9-10-17)20(13-16-7-4-3-5-8-16)14-18(21)19-11-6-12-22-2/h3-5,7-8,15,17H,6,9-14H2,1-2H3,(H,19,21). The summed E-state index contributed by atoms with van der Waals surface area (Å²) in [6.07, 6.45) is 3.45. The number of hydrogen-bond acceptors (Lipinski definition) is 3. The molecule has 0 aromatic heterocycles. The van der Waals surface area contributed by atoms with Crippen LogP contribution in [0.15, 0.2) is 30.3 Å². The molecule has 0 aliphatic heterocycles. The van der Waals surface area contributed by atoms with Gasteiger partial charge in [-0.05, 0) is 37.7 Å². The number of carbonyl (C=O) groups is 1. The normalized spacial score (nSPS) is 15.8. The summed E-state index contributed by atoms with van der Waals surface area (Å²) < 4.78 is 5.00. The molecule has 2 rings (SSSR count). The molecule has 1 aliphatic rings. The van der Waals surface area contributed by atoms with E-state index in [-0.39, 0.29) is 5.91 Å². The van der Waals surface area contributed by atoms with Gasteiger partial charge in [0, 0.05) is 32.8 Å². The maximum Gasteiger partial charge on any atom is 0.234 e. The minimum Gasteiger partial charge on any atom is -0.385 e. The van der Waals surface area contributed by atoms with Gasteiger partial charge < -0.3 is 10.1 Å². The number of carbonyl (C=O) groups excluding carboxylic acids is 1. The van der Waals surface area contributed by atoms with Crippen molar-refractivity contribution in [2.75, 3.05) is 26.8 Å². The van der Waals surface area contributed by atoms with Gasteiger partial charge in [0.15, 0.2) is 0 Å². The molecule has 4 nitrogen and oxygen atoms in total. The van der Waals surface area contributed by atoms with Crippen molar-refractivity contribution in [1.82, 2.24) is 10.2 Å². The molecule has 1 amide bonds. The molecule has 0 radical (unpaired) electrons. The van der Waals surface area contributed by atoms with Gasteiger partial charge in [0.2, 0.25) is 5.91 Å². The highest BCUT2D eigenvalue weighted by atomic mass is 16.5. The maximum atomic E-state index is 12.2. The van der Waals surface area contributed by atoms with E-state index in [0.717, 1.165) is 18.9 Å². The number of hydrogen-bond donors (Lipinski definition) is 1. The van der Waals surface area contributed by atoms with Crippen molar-refractivity contribution >= 4 is 5.91 Å². The molecule has 0 saturated heterocycles. The van der Waals surface area contributed by atoms with Crippen LogP contribution in [0, 0.1) is 5.92 Å². The average molecular weight is 304 g/mol. The molecule has 1 N–H and O–H groups in total. The zero-order valence-electron chi connectivity index (χ0n) is 13.8. The van der Waals surface area contributed by atoms with Crippen LogP contribution in [0.5, 0.6) is 0 Å². The third-order valence-corrected chi connectivity index (χ3v) is 4.30. The first-order chi connectivity index (χ1) is 10.7. The lowest BCUT2D eigenvalue weighted by Crippen LogP contribution is -2.42. The van der Waals surface area contributed by atoms with E-state index < -0.39 is 0 Å². The molecule has 0 spiro atoms. The SMILES string of the molecule is COCCCNC(=O)CN(Cc1ccccc1)C(C)C1CC1. The summed E-state index contributed by atoms with van der Waals surface area (Å²) in [6.45, 7) is 4.93. The maximum absolute atomic E-state index is 12.2. The molecule has 1 aromatic carbocycles. The Hall–Kier alpha value is -1.39. The van der Waals surface area contributed by atoms with Gasteiger partial charge in [0.05, 0.1) is 6.54 Å². The number of rotatable bonds is 10. The number of nitrogens with one attached hydrogen (secondary N) is 1. The van der Waals surface area contributed by atoms with Gasteiger partial charge in [-0.15, -0.1) is 0 Å². The fraction of sp³-hybridized carbons (Fsp3) is 0.611. The molecule has 0 bridgehead atoms. The van der Waals surface area contributed by atoms with E-state index in [2.05, 4.69) is 41.4 Å². The second kappa shape index (κ2) is 8.91. The van der Waals surface area contributed by atoms with E-state index in [1.165, 1.54) is 18.4 Å². The van der Waals surface area contributed by atoms with Crippen LogP contribution in [0.3, 0.4) is 0 Å². The lowest BCUT2D eigenvalue weighted by atomic mass is 10.1. The number of ether oxygens (including phenoxy) is 1. The number of methoxy groups -OCH3 is 1. The smallest absolute Gasteiger partial charge is 0.234 e. The van der Waals surface area contributed by atoms with E-state index in [1.807, 2.05) is 6.07 Å². The van der Waals surface area contributed by atoms with Gasteiger partial charge in [0.25, 0.3) is 0 Å². The minimum atomic E-state index is 0.111. The molecule has 0 heterocycles. The Bertz CT molecular complexity index is 446. The second-order valence-corrected chi connectivity index (χ2v) is 6.16. The van der Waals surface area contributed by atoms with Crippen LogP contribution in [0.1, 0.15) is 31.7 Å². The Morgan fingerprint density at radius 1 is 1.36 bits per heavy atom. The summed E-state index contributed by atoms with van der Waals surface area (Å²) >= 11 is 0. The Morgan fingerprint density at radius 3 is 2.73 bits per heavy atom. The van der Waals surface area contributed by atoms with Crippen molar-refractivity contribution < 1.29 is 9.53 Å². The van der Waals surface area contributed by atoms with E-state index >= 15 is 0 Å². The number of amides is 1.